The van der Waals surface area contributed by atoms with E-state index in [1.165, 1.54) is 5.56 Å². The van der Waals surface area contributed by atoms with Crippen molar-refractivity contribution >= 4 is 11.6 Å². The summed E-state index contributed by atoms with van der Waals surface area (Å²) in [6, 6.07) is 13.7. The quantitative estimate of drug-likeness (QED) is 0.943. The first kappa shape index (κ1) is 14.4. The van der Waals surface area contributed by atoms with E-state index >= 15 is 0 Å². The van der Waals surface area contributed by atoms with E-state index in [0.717, 1.165) is 35.5 Å². The van der Waals surface area contributed by atoms with Gasteiger partial charge in [0.2, 0.25) is 0 Å². The zero-order valence-corrected chi connectivity index (χ0v) is 12.9. The lowest BCUT2D eigenvalue weighted by molar-refractivity contribution is 0.0785. The van der Waals surface area contributed by atoms with Crippen LogP contribution in [0.1, 0.15) is 21.5 Å². The molecular formula is C18H20N2O2. The van der Waals surface area contributed by atoms with E-state index in [1.807, 2.05) is 49.5 Å². The number of hydrogen-bond donors (Lipinski definition) is 1. The number of benzene rings is 2. The Labute approximate surface area is 130 Å². The number of ether oxygens (including phenoxy) is 1. The Morgan fingerprint density at radius 3 is 2.73 bits per heavy atom. The third-order valence-corrected chi connectivity index (χ3v) is 3.99. The summed E-state index contributed by atoms with van der Waals surface area (Å²) in [5.74, 6) is 0.870. The first-order valence-corrected chi connectivity index (χ1v) is 7.42. The van der Waals surface area contributed by atoms with Crippen molar-refractivity contribution in [1.29, 1.82) is 0 Å². The van der Waals surface area contributed by atoms with Crippen molar-refractivity contribution in [2.75, 3.05) is 26.0 Å². The molecule has 0 aliphatic carbocycles. The molecule has 22 heavy (non-hydrogen) atoms. The van der Waals surface area contributed by atoms with Crippen LogP contribution in [0.4, 0.5) is 5.69 Å². The van der Waals surface area contributed by atoms with E-state index < -0.39 is 0 Å². The molecule has 1 amide bonds. The highest BCUT2D eigenvalue weighted by molar-refractivity contribution is 5.94. The van der Waals surface area contributed by atoms with Crippen LogP contribution >= 0.6 is 0 Å². The van der Waals surface area contributed by atoms with Crippen molar-refractivity contribution < 1.29 is 9.53 Å². The van der Waals surface area contributed by atoms with Gasteiger partial charge in [0, 0.05) is 31.4 Å². The average molecular weight is 296 g/mol. The number of hydrogen-bond acceptors (Lipinski definition) is 3. The molecule has 4 heteroatoms. The van der Waals surface area contributed by atoms with Gasteiger partial charge in [-0.25, -0.2) is 0 Å². The summed E-state index contributed by atoms with van der Waals surface area (Å²) in [6.45, 7) is 1.53. The highest BCUT2D eigenvalue weighted by atomic mass is 16.5. The van der Waals surface area contributed by atoms with Gasteiger partial charge in [-0.05, 0) is 47.9 Å². The maximum atomic E-state index is 12.6. The Morgan fingerprint density at radius 2 is 2.00 bits per heavy atom. The lowest BCUT2D eigenvalue weighted by atomic mass is 10.1. The molecule has 3 rings (SSSR count). The zero-order valence-electron chi connectivity index (χ0n) is 12.9. The van der Waals surface area contributed by atoms with Crippen LogP contribution in [0.15, 0.2) is 42.5 Å². The molecule has 2 aromatic carbocycles. The number of methoxy groups -OCH3 is 1. The molecule has 1 aliphatic rings. The Balaban J connectivity index is 1.71. The van der Waals surface area contributed by atoms with E-state index in [0.29, 0.717) is 6.54 Å². The summed E-state index contributed by atoms with van der Waals surface area (Å²) in [5, 5.41) is 3.31. The summed E-state index contributed by atoms with van der Waals surface area (Å²) in [4.78, 5) is 14.3. The predicted molar refractivity (Wildman–Crippen MR) is 87.4 cm³/mol. The van der Waals surface area contributed by atoms with Gasteiger partial charge in [-0.1, -0.05) is 12.1 Å². The second-order valence-corrected chi connectivity index (χ2v) is 5.56. The third kappa shape index (κ3) is 2.91. The topological polar surface area (TPSA) is 41.6 Å². The Kier molecular flexibility index (Phi) is 4.00. The molecule has 0 fully saturated rings. The molecular weight excluding hydrogens is 276 g/mol. The van der Waals surface area contributed by atoms with Crippen molar-refractivity contribution in [3.05, 3.63) is 59.2 Å². The molecule has 1 N–H and O–H groups in total. The molecule has 0 atom stereocenters. The van der Waals surface area contributed by atoms with Crippen molar-refractivity contribution in [3.63, 3.8) is 0 Å². The van der Waals surface area contributed by atoms with Crippen molar-refractivity contribution in [3.8, 4) is 5.75 Å². The molecule has 0 bridgehead atoms. The number of carbonyl (C=O) groups excluding carboxylic acids is 1. The molecule has 0 saturated heterocycles. The van der Waals surface area contributed by atoms with Gasteiger partial charge < -0.3 is 15.0 Å². The fourth-order valence-corrected chi connectivity index (χ4v) is 2.73. The van der Waals surface area contributed by atoms with Gasteiger partial charge in [-0.3, -0.25) is 4.79 Å². The van der Waals surface area contributed by atoms with Gasteiger partial charge in [0.25, 0.3) is 5.91 Å². The van der Waals surface area contributed by atoms with Gasteiger partial charge in [0.05, 0.1) is 7.11 Å². The lowest BCUT2D eigenvalue weighted by Gasteiger charge is -2.18. The molecule has 1 heterocycles. The van der Waals surface area contributed by atoms with E-state index in [-0.39, 0.29) is 5.91 Å². The molecule has 0 aromatic heterocycles. The van der Waals surface area contributed by atoms with Gasteiger partial charge in [0.1, 0.15) is 5.75 Å². The minimum atomic E-state index is 0.0468. The molecule has 0 saturated carbocycles. The first-order valence-electron chi connectivity index (χ1n) is 7.42. The second-order valence-electron chi connectivity index (χ2n) is 5.56. The molecule has 0 radical (unpaired) electrons. The molecule has 4 nitrogen and oxygen atoms in total. The van der Waals surface area contributed by atoms with Crippen LogP contribution in [0.2, 0.25) is 0 Å². The highest BCUT2D eigenvalue weighted by Gasteiger charge is 2.16. The SMILES string of the molecule is COc1ccc(CN(C)C(=O)c2ccc3c(c2)CCN3)cc1. The van der Waals surface area contributed by atoms with Crippen LogP contribution < -0.4 is 10.1 Å². The first-order chi connectivity index (χ1) is 10.7. The molecule has 114 valence electrons. The average Bonchev–Trinajstić information content (AvgIpc) is 3.02. The minimum Gasteiger partial charge on any atom is -0.497 e. The van der Waals surface area contributed by atoms with E-state index in [1.54, 1.807) is 12.0 Å². The zero-order chi connectivity index (χ0) is 15.5. The van der Waals surface area contributed by atoms with E-state index in [4.69, 9.17) is 4.74 Å². The van der Waals surface area contributed by atoms with Crippen LogP contribution in [-0.4, -0.2) is 31.5 Å². The maximum absolute atomic E-state index is 12.6. The van der Waals surface area contributed by atoms with Crippen molar-refractivity contribution in [1.82, 2.24) is 4.90 Å². The third-order valence-electron chi connectivity index (χ3n) is 3.99. The Bertz CT molecular complexity index is 680. The van der Waals surface area contributed by atoms with Crippen LogP contribution in [0.25, 0.3) is 0 Å². The number of fused-ring (bicyclic) bond motifs is 1. The van der Waals surface area contributed by atoms with E-state index in [9.17, 15) is 4.79 Å². The predicted octanol–water partition coefficient (Wildman–Crippen LogP) is 2.94. The van der Waals surface area contributed by atoms with Gasteiger partial charge in [-0.15, -0.1) is 0 Å². The number of nitrogens with one attached hydrogen (secondary N) is 1. The van der Waals surface area contributed by atoms with Crippen LogP contribution in [0, 0.1) is 0 Å². The van der Waals surface area contributed by atoms with Crippen LogP contribution in [-0.2, 0) is 13.0 Å². The number of anilines is 1. The maximum Gasteiger partial charge on any atom is 0.253 e. The Morgan fingerprint density at radius 1 is 1.23 bits per heavy atom. The number of nitrogens with zero attached hydrogens (tertiary/aromatic N) is 1. The minimum absolute atomic E-state index is 0.0468. The Hall–Kier alpha value is -2.49. The van der Waals surface area contributed by atoms with Crippen LogP contribution in [0.5, 0.6) is 5.75 Å². The number of carbonyl (C=O) groups is 1. The molecule has 2 aromatic rings. The van der Waals surface area contributed by atoms with Gasteiger partial charge in [0.15, 0.2) is 0 Å². The largest absolute Gasteiger partial charge is 0.497 e. The van der Waals surface area contributed by atoms with E-state index in [2.05, 4.69) is 5.32 Å². The van der Waals surface area contributed by atoms with Crippen molar-refractivity contribution in [2.45, 2.75) is 13.0 Å². The standard InChI is InChI=1S/C18H20N2O2/c1-20(12-13-3-6-16(22-2)7-4-13)18(21)15-5-8-17-14(11-15)9-10-19-17/h3-8,11,19H,9-10,12H2,1-2H3. The fourth-order valence-electron chi connectivity index (χ4n) is 2.73. The highest BCUT2D eigenvalue weighted by Crippen LogP contribution is 2.23. The smallest absolute Gasteiger partial charge is 0.253 e. The summed E-state index contributed by atoms with van der Waals surface area (Å²) in [7, 11) is 3.48. The lowest BCUT2D eigenvalue weighted by Crippen LogP contribution is -2.26. The number of amides is 1. The molecule has 1 aliphatic heterocycles. The van der Waals surface area contributed by atoms with Crippen LogP contribution in [0.3, 0.4) is 0 Å². The van der Waals surface area contributed by atoms with Gasteiger partial charge >= 0.3 is 0 Å². The second kappa shape index (κ2) is 6.10. The monoisotopic (exact) mass is 296 g/mol. The normalized spacial score (nSPS) is 12.5. The number of rotatable bonds is 4. The summed E-state index contributed by atoms with van der Waals surface area (Å²) in [5.41, 5.74) is 4.20. The molecule has 0 spiro atoms. The molecule has 0 unspecified atom stereocenters. The van der Waals surface area contributed by atoms with Gasteiger partial charge in [-0.2, -0.15) is 0 Å². The van der Waals surface area contributed by atoms with Crippen molar-refractivity contribution in [2.24, 2.45) is 0 Å². The fraction of sp³-hybridized carbons (Fsp3) is 0.278. The summed E-state index contributed by atoms with van der Waals surface area (Å²) < 4.78 is 5.15. The summed E-state index contributed by atoms with van der Waals surface area (Å²) >= 11 is 0. The summed E-state index contributed by atoms with van der Waals surface area (Å²) in [6.07, 6.45) is 0.985.